The monoisotopic (exact) mass is 283 g/mol. The smallest absolute Gasteiger partial charge is 0.365 e. The number of carboxylic acids is 1. The minimum atomic E-state index is -0.977. The maximum atomic E-state index is 11.5. The number of aromatic carboxylic acids is 1. The van der Waals surface area contributed by atoms with E-state index in [1.807, 2.05) is 0 Å². The van der Waals surface area contributed by atoms with Crippen molar-refractivity contribution in [2.24, 2.45) is 5.92 Å². The average molecular weight is 283 g/mol. The SMILES string of the molecule is CNC(=O)C1CCN(Cc2csc(C(=O)O)n2)CC1. The van der Waals surface area contributed by atoms with E-state index in [9.17, 15) is 9.59 Å². The molecular weight excluding hydrogens is 266 g/mol. The Labute approximate surface area is 115 Å². The molecule has 2 rings (SSSR count). The van der Waals surface area contributed by atoms with Crippen LogP contribution in [0, 0.1) is 5.92 Å². The zero-order valence-corrected chi connectivity index (χ0v) is 11.6. The molecule has 1 aromatic rings. The number of carbonyl (C=O) groups excluding carboxylic acids is 1. The van der Waals surface area contributed by atoms with Gasteiger partial charge in [0.1, 0.15) is 0 Å². The van der Waals surface area contributed by atoms with Gasteiger partial charge in [-0.25, -0.2) is 9.78 Å². The Kier molecular flexibility index (Phi) is 4.49. The summed E-state index contributed by atoms with van der Waals surface area (Å²) in [6, 6.07) is 0. The number of aromatic nitrogens is 1. The summed E-state index contributed by atoms with van der Waals surface area (Å²) in [7, 11) is 1.66. The predicted octanol–water partition coefficient (Wildman–Crippen LogP) is 0.799. The molecule has 0 unspecified atom stereocenters. The number of likely N-dealkylation sites (tertiary alicyclic amines) is 1. The molecule has 0 saturated carbocycles. The van der Waals surface area contributed by atoms with Gasteiger partial charge in [0.05, 0.1) is 5.69 Å². The van der Waals surface area contributed by atoms with Crippen LogP contribution in [0.15, 0.2) is 5.38 Å². The van der Waals surface area contributed by atoms with Crippen molar-refractivity contribution in [1.29, 1.82) is 0 Å². The van der Waals surface area contributed by atoms with E-state index < -0.39 is 5.97 Å². The highest BCUT2D eigenvalue weighted by molar-refractivity contribution is 7.11. The summed E-state index contributed by atoms with van der Waals surface area (Å²) in [6.45, 7) is 2.35. The van der Waals surface area contributed by atoms with Gasteiger partial charge < -0.3 is 10.4 Å². The first-order valence-corrected chi connectivity index (χ1v) is 7.09. The number of amides is 1. The van der Waals surface area contributed by atoms with Gasteiger partial charge in [-0.2, -0.15) is 0 Å². The van der Waals surface area contributed by atoms with Crippen molar-refractivity contribution in [3.63, 3.8) is 0 Å². The fourth-order valence-corrected chi connectivity index (χ4v) is 2.91. The van der Waals surface area contributed by atoms with Crippen LogP contribution in [0.2, 0.25) is 0 Å². The van der Waals surface area contributed by atoms with E-state index in [-0.39, 0.29) is 16.8 Å². The van der Waals surface area contributed by atoms with Gasteiger partial charge in [-0.3, -0.25) is 9.69 Å². The molecule has 6 nitrogen and oxygen atoms in total. The third kappa shape index (κ3) is 3.51. The number of nitrogens with zero attached hydrogens (tertiary/aromatic N) is 2. The molecular formula is C12H17N3O3S. The Balaban J connectivity index is 1.85. The van der Waals surface area contributed by atoms with Gasteiger partial charge in [0.2, 0.25) is 10.9 Å². The van der Waals surface area contributed by atoms with Crippen molar-refractivity contribution in [3.05, 3.63) is 16.1 Å². The molecule has 7 heteroatoms. The van der Waals surface area contributed by atoms with Crippen molar-refractivity contribution >= 4 is 23.2 Å². The van der Waals surface area contributed by atoms with E-state index in [0.29, 0.717) is 6.54 Å². The topological polar surface area (TPSA) is 82.5 Å². The number of hydrogen-bond acceptors (Lipinski definition) is 5. The van der Waals surface area contributed by atoms with E-state index in [2.05, 4.69) is 15.2 Å². The maximum Gasteiger partial charge on any atom is 0.365 e. The fourth-order valence-electron chi connectivity index (χ4n) is 2.26. The van der Waals surface area contributed by atoms with Crippen molar-refractivity contribution in [3.8, 4) is 0 Å². The highest BCUT2D eigenvalue weighted by Crippen LogP contribution is 2.20. The predicted molar refractivity (Wildman–Crippen MR) is 71.1 cm³/mol. The van der Waals surface area contributed by atoms with Gasteiger partial charge in [0.25, 0.3) is 0 Å². The Morgan fingerprint density at radius 3 is 2.74 bits per heavy atom. The zero-order chi connectivity index (χ0) is 13.8. The first-order chi connectivity index (χ1) is 9.10. The van der Waals surface area contributed by atoms with Crippen LogP contribution in [0.5, 0.6) is 0 Å². The Morgan fingerprint density at radius 2 is 2.21 bits per heavy atom. The van der Waals surface area contributed by atoms with Gasteiger partial charge in [0.15, 0.2) is 0 Å². The number of rotatable bonds is 4. The number of nitrogens with one attached hydrogen (secondary N) is 1. The highest BCUT2D eigenvalue weighted by Gasteiger charge is 2.24. The maximum absolute atomic E-state index is 11.5. The molecule has 1 aliphatic rings. The lowest BCUT2D eigenvalue weighted by molar-refractivity contribution is -0.125. The number of hydrogen-bond donors (Lipinski definition) is 2. The second-order valence-electron chi connectivity index (χ2n) is 4.61. The molecule has 0 radical (unpaired) electrons. The van der Waals surface area contributed by atoms with Crippen LogP contribution >= 0.6 is 11.3 Å². The second-order valence-corrected chi connectivity index (χ2v) is 5.47. The molecule has 1 aliphatic heterocycles. The highest BCUT2D eigenvalue weighted by atomic mass is 32.1. The van der Waals surface area contributed by atoms with E-state index in [1.54, 1.807) is 12.4 Å². The Morgan fingerprint density at radius 1 is 1.53 bits per heavy atom. The number of piperidine rings is 1. The van der Waals surface area contributed by atoms with Crippen molar-refractivity contribution in [1.82, 2.24) is 15.2 Å². The van der Waals surface area contributed by atoms with Crippen molar-refractivity contribution in [2.75, 3.05) is 20.1 Å². The fraction of sp³-hybridized carbons (Fsp3) is 0.583. The molecule has 2 heterocycles. The first-order valence-electron chi connectivity index (χ1n) is 6.21. The largest absolute Gasteiger partial charge is 0.476 e. The van der Waals surface area contributed by atoms with E-state index in [4.69, 9.17) is 5.11 Å². The lowest BCUT2D eigenvalue weighted by atomic mass is 9.96. The van der Waals surface area contributed by atoms with Gasteiger partial charge in [0, 0.05) is 24.9 Å². The minimum Gasteiger partial charge on any atom is -0.476 e. The average Bonchev–Trinajstić information content (AvgIpc) is 2.87. The number of thiazole rings is 1. The third-order valence-electron chi connectivity index (χ3n) is 3.33. The molecule has 0 aromatic carbocycles. The first kappa shape index (κ1) is 14.0. The van der Waals surface area contributed by atoms with E-state index in [1.165, 1.54) is 0 Å². The van der Waals surface area contributed by atoms with Gasteiger partial charge >= 0.3 is 5.97 Å². The lowest BCUT2D eigenvalue weighted by Crippen LogP contribution is -2.39. The standard InChI is InChI=1S/C12H17N3O3S/c1-13-10(16)8-2-4-15(5-3-8)6-9-7-19-11(14-9)12(17)18/h7-8H,2-6H2,1H3,(H,13,16)(H,17,18). The van der Waals surface area contributed by atoms with Crippen molar-refractivity contribution in [2.45, 2.75) is 19.4 Å². The van der Waals surface area contributed by atoms with Crippen LogP contribution in [0.3, 0.4) is 0 Å². The van der Waals surface area contributed by atoms with Crippen LogP contribution in [0.1, 0.15) is 28.3 Å². The molecule has 1 fully saturated rings. The van der Waals surface area contributed by atoms with E-state index >= 15 is 0 Å². The Hall–Kier alpha value is -1.47. The third-order valence-corrected chi connectivity index (χ3v) is 4.20. The number of carboxylic acid groups (broad SMARTS) is 1. The molecule has 0 spiro atoms. The molecule has 2 N–H and O–H groups in total. The summed E-state index contributed by atoms with van der Waals surface area (Å²) in [5.74, 6) is -0.762. The van der Waals surface area contributed by atoms with Gasteiger partial charge in [-0.15, -0.1) is 11.3 Å². The Bertz CT molecular complexity index is 467. The summed E-state index contributed by atoms with van der Waals surface area (Å²) >= 11 is 1.15. The molecule has 1 amide bonds. The molecule has 0 bridgehead atoms. The molecule has 0 atom stereocenters. The van der Waals surface area contributed by atoms with Crippen LogP contribution < -0.4 is 5.32 Å². The summed E-state index contributed by atoms with van der Waals surface area (Å²) in [4.78, 5) is 28.5. The molecule has 1 saturated heterocycles. The van der Waals surface area contributed by atoms with Crippen LogP contribution in [-0.2, 0) is 11.3 Å². The molecule has 1 aromatic heterocycles. The molecule has 104 valence electrons. The summed E-state index contributed by atoms with van der Waals surface area (Å²) in [5.41, 5.74) is 0.792. The minimum absolute atomic E-state index is 0.103. The quantitative estimate of drug-likeness (QED) is 0.854. The van der Waals surface area contributed by atoms with Crippen LogP contribution in [0.4, 0.5) is 0 Å². The normalized spacial score (nSPS) is 17.3. The summed E-state index contributed by atoms with van der Waals surface area (Å²) in [6.07, 6.45) is 1.69. The van der Waals surface area contributed by atoms with E-state index in [0.717, 1.165) is 43.0 Å². The molecule has 19 heavy (non-hydrogen) atoms. The molecule has 0 aliphatic carbocycles. The summed E-state index contributed by atoms with van der Waals surface area (Å²) in [5, 5.41) is 13.4. The summed E-state index contributed by atoms with van der Waals surface area (Å²) < 4.78 is 0. The zero-order valence-electron chi connectivity index (χ0n) is 10.8. The lowest BCUT2D eigenvalue weighted by Gasteiger charge is -2.30. The van der Waals surface area contributed by atoms with Crippen LogP contribution in [0.25, 0.3) is 0 Å². The number of carbonyl (C=O) groups is 2. The second kappa shape index (κ2) is 6.12. The van der Waals surface area contributed by atoms with Crippen molar-refractivity contribution < 1.29 is 14.7 Å². The van der Waals surface area contributed by atoms with Gasteiger partial charge in [-0.05, 0) is 25.9 Å². The van der Waals surface area contributed by atoms with Crippen LogP contribution in [-0.4, -0.2) is 47.0 Å². The van der Waals surface area contributed by atoms with Gasteiger partial charge in [-0.1, -0.05) is 0 Å².